The molecule has 0 saturated carbocycles. The molecule has 12 atom stereocenters. The van der Waals surface area contributed by atoms with Crippen LogP contribution >= 0.6 is 0 Å². The molecule has 63 heavy (non-hydrogen) atoms. The first kappa shape index (κ1) is 57.9. The number of hydrogen-bond donors (Lipinski definition) is 9. The van der Waals surface area contributed by atoms with Crippen LogP contribution in [0.5, 0.6) is 0 Å². The molecule has 0 aromatic carbocycles. The summed E-state index contributed by atoms with van der Waals surface area (Å²) in [7, 11) is 0. The molecule has 0 radical (unpaired) electrons. The van der Waals surface area contributed by atoms with Crippen molar-refractivity contribution in [2.24, 2.45) is 0 Å². The Kier molecular flexibility index (Phi) is 33.8. The van der Waals surface area contributed by atoms with Crippen LogP contribution in [0.25, 0.3) is 0 Å². The van der Waals surface area contributed by atoms with Crippen molar-refractivity contribution in [2.45, 2.75) is 274 Å². The number of aliphatic hydroxyl groups is 8. The lowest BCUT2D eigenvalue weighted by atomic mass is 9.97. The normalized spacial score (nSPS) is 27.5. The highest BCUT2D eigenvalue weighted by atomic mass is 16.7. The first-order chi connectivity index (χ1) is 30.6. The summed E-state index contributed by atoms with van der Waals surface area (Å²) in [6, 6.07) is -0.907. The van der Waals surface area contributed by atoms with Crippen LogP contribution in [-0.2, 0) is 23.7 Å². The standard InChI is InChI=1S/C49H93NO13/c1-3-5-7-9-11-13-15-17-19-20-22-24-26-28-30-32-38(53)37(50-41(54)33-31-29-27-25-23-21-18-16-14-12-10-8-6-4-2)36-60-48-46(59)44(57)47(40(35-52)62-48)63-49-45(58)43(56)42(55)39(34-51)61-49/h30,32,37-40,42-49,51-53,55-59H,3-29,31,33-36H2,1-2H3,(H,50,54)/b32-30+/t37-,38+,39+,40+,42-,43?,44?,45?,46?,47+,48+,49-/m0/s1. The zero-order valence-electron chi connectivity index (χ0n) is 39.3. The van der Waals surface area contributed by atoms with Crippen LogP contribution in [0.4, 0.5) is 0 Å². The highest BCUT2D eigenvalue weighted by molar-refractivity contribution is 5.76. The Bertz CT molecular complexity index is 1120. The molecule has 0 aliphatic carbocycles. The van der Waals surface area contributed by atoms with E-state index in [0.717, 1.165) is 38.5 Å². The maximum Gasteiger partial charge on any atom is 0.220 e. The number of carbonyl (C=O) groups excluding carboxylic acids is 1. The fraction of sp³-hybridized carbons (Fsp3) is 0.939. The molecule has 0 spiro atoms. The molecule has 0 bridgehead atoms. The van der Waals surface area contributed by atoms with Crippen LogP contribution in [-0.4, -0.2) is 140 Å². The lowest BCUT2D eigenvalue weighted by molar-refractivity contribution is -0.359. The molecular weight excluding hydrogens is 811 g/mol. The second kappa shape index (κ2) is 36.8. The summed E-state index contributed by atoms with van der Waals surface area (Å²) in [6.45, 7) is 2.79. The van der Waals surface area contributed by atoms with E-state index in [4.69, 9.17) is 18.9 Å². The number of nitrogens with one attached hydrogen (secondary N) is 1. The van der Waals surface area contributed by atoms with Gasteiger partial charge in [-0.3, -0.25) is 4.79 Å². The smallest absolute Gasteiger partial charge is 0.220 e. The molecule has 14 heteroatoms. The first-order valence-corrected chi connectivity index (χ1v) is 25.4. The van der Waals surface area contributed by atoms with Gasteiger partial charge in [-0.1, -0.05) is 187 Å². The Balaban J connectivity index is 1.86. The number of hydrogen-bond acceptors (Lipinski definition) is 13. The van der Waals surface area contributed by atoms with Crippen molar-refractivity contribution in [3.63, 3.8) is 0 Å². The maximum absolute atomic E-state index is 13.1. The number of amides is 1. The summed E-state index contributed by atoms with van der Waals surface area (Å²) >= 11 is 0. The molecule has 2 rings (SSSR count). The number of allylic oxidation sites excluding steroid dienone is 1. The van der Waals surface area contributed by atoms with Crippen LogP contribution in [0, 0.1) is 0 Å². The predicted octanol–water partition coefficient (Wildman–Crippen LogP) is 6.38. The molecular formula is C49H93NO13. The molecule has 2 heterocycles. The number of ether oxygens (including phenoxy) is 4. The average molecular weight is 904 g/mol. The quantitative estimate of drug-likeness (QED) is 0.0241. The molecule has 4 unspecified atom stereocenters. The Morgan fingerprint density at radius 1 is 0.556 bits per heavy atom. The highest BCUT2D eigenvalue weighted by Crippen LogP contribution is 2.30. The molecule has 14 nitrogen and oxygen atoms in total. The molecule has 0 aromatic heterocycles. The summed E-state index contributed by atoms with van der Waals surface area (Å²) < 4.78 is 22.7. The van der Waals surface area contributed by atoms with Crippen molar-refractivity contribution in [1.29, 1.82) is 0 Å². The predicted molar refractivity (Wildman–Crippen MR) is 245 cm³/mol. The second-order valence-corrected chi connectivity index (χ2v) is 18.3. The Morgan fingerprint density at radius 2 is 0.984 bits per heavy atom. The van der Waals surface area contributed by atoms with E-state index in [9.17, 15) is 45.6 Å². The highest BCUT2D eigenvalue weighted by Gasteiger charge is 2.51. The Labute approximate surface area is 380 Å². The summed E-state index contributed by atoms with van der Waals surface area (Å²) in [5, 5.41) is 86.7. The van der Waals surface area contributed by atoms with E-state index in [1.807, 2.05) is 6.08 Å². The Morgan fingerprint density at radius 3 is 1.46 bits per heavy atom. The van der Waals surface area contributed by atoms with Gasteiger partial charge in [0, 0.05) is 6.42 Å². The first-order valence-electron chi connectivity index (χ1n) is 25.4. The minimum Gasteiger partial charge on any atom is -0.394 e. The van der Waals surface area contributed by atoms with Crippen LogP contribution in [0.1, 0.15) is 200 Å². The van der Waals surface area contributed by atoms with Gasteiger partial charge in [-0.05, 0) is 19.3 Å². The van der Waals surface area contributed by atoms with Gasteiger partial charge < -0.3 is 65.1 Å². The van der Waals surface area contributed by atoms with E-state index in [0.29, 0.717) is 6.42 Å². The van der Waals surface area contributed by atoms with Crippen LogP contribution in [0.15, 0.2) is 12.2 Å². The van der Waals surface area contributed by atoms with Crippen LogP contribution < -0.4 is 5.32 Å². The molecule has 2 fully saturated rings. The molecule has 2 aliphatic rings. The van der Waals surface area contributed by atoms with E-state index < -0.39 is 86.8 Å². The van der Waals surface area contributed by atoms with Crippen LogP contribution in [0.2, 0.25) is 0 Å². The summed E-state index contributed by atoms with van der Waals surface area (Å²) in [6.07, 6.45) is 21.0. The van der Waals surface area contributed by atoms with Crippen molar-refractivity contribution in [1.82, 2.24) is 5.32 Å². The number of unbranched alkanes of at least 4 members (excludes halogenated alkanes) is 26. The van der Waals surface area contributed by atoms with Crippen molar-refractivity contribution < 1.29 is 64.6 Å². The van der Waals surface area contributed by atoms with Crippen molar-refractivity contribution >= 4 is 5.91 Å². The largest absolute Gasteiger partial charge is 0.394 e. The van der Waals surface area contributed by atoms with Gasteiger partial charge in [0.25, 0.3) is 0 Å². The van der Waals surface area contributed by atoms with E-state index in [-0.39, 0.29) is 18.9 Å². The van der Waals surface area contributed by atoms with Gasteiger partial charge in [-0.25, -0.2) is 0 Å². The minimum atomic E-state index is -1.78. The monoisotopic (exact) mass is 904 g/mol. The van der Waals surface area contributed by atoms with E-state index in [1.54, 1.807) is 6.08 Å². The Hall–Kier alpha value is -1.27. The summed E-state index contributed by atoms with van der Waals surface area (Å²) in [4.78, 5) is 13.1. The maximum atomic E-state index is 13.1. The average Bonchev–Trinajstić information content (AvgIpc) is 3.28. The summed E-state index contributed by atoms with van der Waals surface area (Å²) in [5.74, 6) is -0.238. The topological polar surface area (TPSA) is 228 Å². The molecule has 2 saturated heterocycles. The molecule has 372 valence electrons. The zero-order chi connectivity index (χ0) is 46.1. The number of aliphatic hydroxyl groups excluding tert-OH is 8. The van der Waals surface area contributed by atoms with Gasteiger partial charge in [-0.15, -0.1) is 0 Å². The van der Waals surface area contributed by atoms with Gasteiger partial charge in [0.2, 0.25) is 5.91 Å². The third-order valence-corrected chi connectivity index (χ3v) is 12.7. The lowest BCUT2D eigenvalue weighted by Crippen LogP contribution is -2.65. The third-order valence-electron chi connectivity index (χ3n) is 12.7. The SMILES string of the molecule is CCCCCCCCCCCCCCC/C=C/[C@@H](O)[C@H](CO[C@@H]1O[C@H](CO)[C@@H](O[C@@H]2O[C@H](CO)[C@H](O)C(O)C2O)C(O)C1O)NC(=O)CCCCCCCCCCCCCCCC. The van der Waals surface area contributed by atoms with E-state index in [1.165, 1.54) is 135 Å². The second-order valence-electron chi connectivity index (χ2n) is 18.3. The molecule has 9 N–H and O–H groups in total. The van der Waals surface area contributed by atoms with E-state index >= 15 is 0 Å². The van der Waals surface area contributed by atoms with Gasteiger partial charge in [-0.2, -0.15) is 0 Å². The number of carbonyl (C=O) groups is 1. The van der Waals surface area contributed by atoms with Crippen molar-refractivity contribution in [2.75, 3.05) is 19.8 Å². The fourth-order valence-electron chi connectivity index (χ4n) is 8.53. The van der Waals surface area contributed by atoms with Gasteiger partial charge in [0.05, 0.1) is 32.0 Å². The van der Waals surface area contributed by atoms with Crippen molar-refractivity contribution in [3.05, 3.63) is 12.2 Å². The fourth-order valence-corrected chi connectivity index (χ4v) is 8.53. The third kappa shape index (κ3) is 24.4. The molecule has 0 aromatic rings. The molecule has 2 aliphatic heterocycles. The summed E-state index contributed by atoms with van der Waals surface area (Å²) in [5.41, 5.74) is 0. The number of rotatable bonds is 39. The van der Waals surface area contributed by atoms with Crippen LogP contribution in [0.3, 0.4) is 0 Å². The van der Waals surface area contributed by atoms with Gasteiger partial charge >= 0.3 is 0 Å². The van der Waals surface area contributed by atoms with Crippen molar-refractivity contribution in [3.8, 4) is 0 Å². The zero-order valence-corrected chi connectivity index (χ0v) is 39.3. The van der Waals surface area contributed by atoms with Gasteiger partial charge in [0.15, 0.2) is 12.6 Å². The molecule has 1 amide bonds. The van der Waals surface area contributed by atoms with Gasteiger partial charge in [0.1, 0.15) is 48.8 Å². The minimum absolute atomic E-state index is 0.238. The van der Waals surface area contributed by atoms with E-state index in [2.05, 4.69) is 19.2 Å². The lowest BCUT2D eigenvalue weighted by Gasteiger charge is -2.46.